The van der Waals surface area contributed by atoms with E-state index >= 15 is 0 Å². The van der Waals surface area contributed by atoms with Crippen LogP contribution in [0, 0.1) is 0 Å². The number of piperazine rings is 1. The van der Waals surface area contributed by atoms with Crippen molar-refractivity contribution in [3.63, 3.8) is 0 Å². The van der Waals surface area contributed by atoms with Crippen LogP contribution in [0.5, 0.6) is 0 Å². The lowest BCUT2D eigenvalue weighted by Gasteiger charge is -2.30. The van der Waals surface area contributed by atoms with Gasteiger partial charge in [-0.3, -0.25) is 4.90 Å². The van der Waals surface area contributed by atoms with Crippen molar-refractivity contribution in [1.29, 1.82) is 0 Å². The van der Waals surface area contributed by atoms with Crippen molar-refractivity contribution in [3.8, 4) is 0 Å². The maximum atomic E-state index is 5.29. The second kappa shape index (κ2) is 8.33. The van der Waals surface area contributed by atoms with E-state index in [2.05, 4.69) is 39.5 Å². The Kier molecular flexibility index (Phi) is 6.45. The fourth-order valence-corrected chi connectivity index (χ4v) is 2.87. The first-order valence-electron chi connectivity index (χ1n) is 6.96. The van der Waals surface area contributed by atoms with Crippen molar-refractivity contribution >= 4 is 30.2 Å². The van der Waals surface area contributed by atoms with Crippen LogP contribution in [0.3, 0.4) is 0 Å². The molecule has 22 heavy (non-hydrogen) atoms. The van der Waals surface area contributed by atoms with E-state index in [9.17, 15) is 0 Å². The molecule has 0 bridgehead atoms. The van der Waals surface area contributed by atoms with Crippen LogP contribution in [0.4, 0.5) is 0 Å². The monoisotopic (exact) mass is 338 g/mol. The second-order valence-electron chi connectivity index (χ2n) is 4.92. The summed E-state index contributed by atoms with van der Waals surface area (Å²) in [4.78, 5) is 7.88. The van der Waals surface area contributed by atoms with E-state index in [0.717, 1.165) is 25.5 Å². The Morgan fingerprint density at radius 1 is 1.36 bits per heavy atom. The molecule has 7 heteroatoms. The molecule has 0 amide bonds. The lowest BCUT2D eigenvalue weighted by Crippen LogP contribution is -2.44. The molecule has 1 fully saturated rings. The SMILES string of the molecule is CN1CCNCC1c1noc(/C=C/Sc2ccccc2)n1.Cl. The molecule has 1 N–H and O–H groups in total. The van der Waals surface area contributed by atoms with Gasteiger partial charge in [-0.1, -0.05) is 35.1 Å². The average Bonchev–Trinajstić information content (AvgIpc) is 2.97. The Hall–Kier alpha value is -1.34. The van der Waals surface area contributed by atoms with Crippen molar-refractivity contribution in [2.45, 2.75) is 10.9 Å². The van der Waals surface area contributed by atoms with E-state index in [-0.39, 0.29) is 18.4 Å². The first kappa shape index (κ1) is 17.0. The maximum absolute atomic E-state index is 5.29. The Balaban J connectivity index is 0.00000176. The first-order chi connectivity index (χ1) is 10.3. The second-order valence-corrected chi connectivity index (χ2v) is 5.90. The Morgan fingerprint density at radius 3 is 2.95 bits per heavy atom. The third-order valence-electron chi connectivity index (χ3n) is 3.42. The van der Waals surface area contributed by atoms with E-state index in [0.29, 0.717) is 5.89 Å². The van der Waals surface area contributed by atoms with Crippen LogP contribution in [0.2, 0.25) is 0 Å². The van der Waals surface area contributed by atoms with Crippen LogP contribution in [0.1, 0.15) is 17.8 Å². The van der Waals surface area contributed by atoms with Gasteiger partial charge in [0.2, 0.25) is 0 Å². The van der Waals surface area contributed by atoms with Gasteiger partial charge < -0.3 is 9.84 Å². The molecule has 1 aromatic heterocycles. The molecule has 3 rings (SSSR count). The molecule has 118 valence electrons. The molecule has 5 nitrogen and oxygen atoms in total. The third kappa shape index (κ3) is 4.33. The predicted molar refractivity (Wildman–Crippen MR) is 91.1 cm³/mol. The summed E-state index contributed by atoms with van der Waals surface area (Å²) < 4.78 is 5.29. The number of nitrogens with zero attached hydrogens (tertiary/aromatic N) is 3. The normalized spacial score (nSPS) is 19.2. The summed E-state index contributed by atoms with van der Waals surface area (Å²) in [6, 6.07) is 10.4. The van der Waals surface area contributed by atoms with Crippen LogP contribution in [0.15, 0.2) is 45.2 Å². The zero-order valence-electron chi connectivity index (χ0n) is 12.3. The number of halogens is 1. The van der Waals surface area contributed by atoms with Crippen LogP contribution in [-0.2, 0) is 0 Å². The minimum absolute atomic E-state index is 0. The molecule has 1 aliphatic rings. The molecular weight excluding hydrogens is 320 g/mol. The predicted octanol–water partition coefficient (Wildman–Crippen LogP) is 2.83. The van der Waals surface area contributed by atoms with Gasteiger partial charge in [-0.25, -0.2) is 0 Å². The first-order valence-corrected chi connectivity index (χ1v) is 7.84. The molecule has 1 aliphatic heterocycles. The fraction of sp³-hybridized carbons (Fsp3) is 0.333. The molecule has 1 aromatic carbocycles. The van der Waals surface area contributed by atoms with Crippen molar-refractivity contribution in [1.82, 2.24) is 20.4 Å². The highest BCUT2D eigenvalue weighted by Gasteiger charge is 2.24. The summed E-state index contributed by atoms with van der Waals surface area (Å²) in [5.41, 5.74) is 0. The highest BCUT2D eigenvalue weighted by molar-refractivity contribution is 8.02. The van der Waals surface area contributed by atoms with Crippen LogP contribution < -0.4 is 5.32 Å². The average molecular weight is 339 g/mol. The number of likely N-dealkylation sites (N-methyl/N-ethyl adjacent to an activating group) is 1. The summed E-state index contributed by atoms with van der Waals surface area (Å²) in [6.45, 7) is 2.86. The number of benzene rings is 1. The Labute approximate surface area is 140 Å². The molecule has 1 unspecified atom stereocenters. The summed E-state index contributed by atoms with van der Waals surface area (Å²) in [5, 5.41) is 9.41. The van der Waals surface area contributed by atoms with Crippen LogP contribution in [-0.4, -0.2) is 41.7 Å². The van der Waals surface area contributed by atoms with Gasteiger partial charge in [0.15, 0.2) is 5.82 Å². The van der Waals surface area contributed by atoms with Gasteiger partial charge in [0.05, 0.1) is 6.04 Å². The molecule has 0 aliphatic carbocycles. The molecule has 0 radical (unpaired) electrons. The van der Waals surface area contributed by atoms with E-state index in [1.54, 1.807) is 11.8 Å². The standard InChI is InChI=1S/C15H18N4OS.ClH/c1-19-9-8-16-11-13(19)15-17-14(20-18-15)7-10-21-12-5-3-2-4-6-12;/h2-7,10,13,16H,8-9,11H2,1H3;1H/b10-7+;. The zero-order chi connectivity index (χ0) is 14.5. The largest absolute Gasteiger partial charge is 0.335 e. The summed E-state index contributed by atoms with van der Waals surface area (Å²) in [7, 11) is 2.09. The summed E-state index contributed by atoms with van der Waals surface area (Å²) >= 11 is 1.63. The van der Waals surface area contributed by atoms with Gasteiger partial charge in [-0.05, 0) is 24.6 Å². The van der Waals surface area contributed by atoms with E-state index in [1.807, 2.05) is 29.7 Å². The minimum Gasteiger partial charge on any atom is -0.335 e. The minimum atomic E-state index is 0. The van der Waals surface area contributed by atoms with Crippen molar-refractivity contribution in [3.05, 3.63) is 47.5 Å². The van der Waals surface area contributed by atoms with Gasteiger partial charge in [0.1, 0.15) is 0 Å². The molecule has 0 saturated carbocycles. The van der Waals surface area contributed by atoms with E-state index in [4.69, 9.17) is 4.52 Å². The third-order valence-corrected chi connectivity index (χ3v) is 4.24. The smallest absolute Gasteiger partial charge is 0.251 e. The van der Waals surface area contributed by atoms with Gasteiger partial charge in [-0.2, -0.15) is 4.98 Å². The zero-order valence-corrected chi connectivity index (χ0v) is 13.9. The number of hydrogen-bond donors (Lipinski definition) is 1. The number of rotatable bonds is 4. The highest BCUT2D eigenvalue weighted by Crippen LogP contribution is 2.21. The lowest BCUT2D eigenvalue weighted by atomic mass is 10.2. The van der Waals surface area contributed by atoms with Gasteiger partial charge in [-0.15, -0.1) is 12.4 Å². The summed E-state index contributed by atoms with van der Waals surface area (Å²) in [6.07, 6.45) is 1.85. The lowest BCUT2D eigenvalue weighted by molar-refractivity contribution is 0.190. The Morgan fingerprint density at radius 2 is 2.18 bits per heavy atom. The summed E-state index contributed by atoms with van der Waals surface area (Å²) in [5.74, 6) is 1.29. The molecule has 0 spiro atoms. The van der Waals surface area contributed by atoms with Crippen molar-refractivity contribution < 1.29 is 4.52 Å². The van der Waals surface area contributed by atoms with Gasteiger partial charge >= 0.3 is 0 Å². The van der Waals surface area contributed by atoms with Crippen molar-refractivity contribution in [2.75, 3.05) is 26.7 Å². The van der Waals surface area contributed by atoms with Gasteiger partial charge in [0, 0.05) is 30.6 Å². The topological polar surface area (TPSA) is 54.2 Å². The molecule has 2 heterocycles. The van der Waals surface area contributed by atoms with E-state index < -0.39 is 0 Å². The number of nitrogens with one attached hydrogen (secondary N) is 1. The maximum Gasteiger partial charge on any atom is 0.251 e. The van der Waals surface area contributed by atoms with Crippen LogP contribution in [0.25, 0.3) is 6.08 Å². The molecular formula is C15H19ClN4OS. The number of thioether (sulfide) groups is 1. The number of aromatic nitrogens is 2. The van der Waals surface area contributed by atoms with Crippen molar-refractivity contribution in [2.24, 2.45) is 0 Å². The van der Waals surface area contributed by atoms with Crippen LogP contribution >= 0.6 is 24.2 Å². The Bertz CT molecular complexity index is 605. The highest BCUT2D eigenvalue weighted by atomic mass is 35.5. The van der Waals surface area contributed by atoms with E-state index in [1.165, 1.54) is 4.90 Å². The molecule has 1 saturated heterocycles. The molecule has 2 aromatic rings. The molecule has 1 atom stereocenters. The quantitative estimate of drug-likeness (QED) is 0.865. The van der Waals surface area contributed by atoms with Gasteiger partial charge in [0.25, 0.3) is 5.89 Å². The number of hydrogen-bond acceptors (Lipinski definition) is 6. The fourth-order valence-electron chi connectivity index (χ4n) is 2.21.